The number of piperidine rings is 1. The molecule has 0 radical (unpaired) electrons. The van der Waals surface area contributed by atoms with E-state index in [1.54, 1.807) is 6.07 Å². The molecule has 0 amide bonds. The van der Waals surface area contributed by atoms with Crippen LogP contribution in [0.1, 0.15) is 24.8 Å². The Hall–Kier alpha value is -1.26. The molecule has 0 bridgehead atoms. The summed E-state index contributed by atoms with van der Waals surface area (Å²) in [5, 5.41) is 11.7. The summed E-state index contributed by atoms with van der Waals surface area (Å²) in [5.41, 5.74) is 8.85. The van der Waals surface area contributed by atoms with E-state index in [-0.39, 0.29) is 0 Å². The van der Waals surface area contributed by atoms with Crippen LogP contribution in [0, 0.1) is 10.8 Å². The number of nitrogens with two attached hydrogens (primary N) is 1. The summed E-state index contributed by atoms with van der Waals surface area (Å²) >= 11 is 6.13. The summed E-state index contributed by atoms with van der Waals surface area (Å²) in [7, 11) is 0. The van der Waals surface area contributed by atoms with Crippen molar-refractivity contribution in [3.8, 4) is 0 Å². The van der Waals surface area contributed by atoms with Crippen LogP contribution >= 0.6 is 11.6 Å². The van der Waals surface area contributed by atoms with Gasteiger partial charge in [-0.3, -0.25) is 0 Å². The van der Waals surface area contributed by atoms with Gasteiger partial charge in [-0.2, -0.15) is 0 Å². The lowest BCUT2D eigenvalue weighted by Crippen LogP contribution is -2.41. The first-order chi connectivity index (χ1) is 9.63. The van der Waals surface area contributed by atoms with Gasteiger partial charge in [0.1, 0.15) is 0 Å². The minimum Gasteiger partial charge on any atom is -0.398 e. The summed E-state index contributed by atoms with van der Waals surface area (Å²) in [6, 6.07) is 3.65. The molecule has 0 saturated carbocycles. The Labute approximate surface area is 124 Å². The molecule has 1 spiro atoms. The average molecular weight is 293 g/mol. The van der Waals surface area contributed by atoms with Crippen molar-refractivity contribution in [3.63, 3.8) is 0 Å². The van der Waals surface area contributed by atoms with Crippen molar-refractivity contribution in [1.82, 2.24) is 5.32 Å². The summed E-state index contributed by atoms with van der Waals surface area (Å²) in [4.78, 5) is 2.33. The van der Waals surface area contributed by atoms with Crippen molar-refractivity contribution in [2.24, 2.45) is 5.41 Å². The zero-order valence-corrected chi connectivity index (χ0v) is 12.3. The molecule has 0 unspecified atom stereocenters. The summed E-state index contributed by atoms with van der Waals surface area (Å²) < 4.78 is 0. The highest BCUT2D eigenvalue weighted by atomic mass is 35.5. The molecule has 2 aliphatic heterocycles. The Morgan fingerprint density at radius 1 is 1.30 bits per heavy atom. The molecule has 2 saturated heterocycles. The molecule has 2 fully saturated rings. The van der Waals surface area contributed by atoms with Gasteiger partial charge in [-0.1, -0.05) is 11.6 Å². The maximum Gasteiger partial charge on any atom is 0.0491 e. The van der Waals surface area contributed by atoms with E-state index in [0.717, 1.165) is 37.4 Å². The summed E-state index contributed by atoms with van der Waals surface area (Å²) in [6.07, 6.45) is 5.02. The molecular formula is C15H21ClN4. The average Bonchev–Trinajstić information content (AvgIpc) is 2.87. The second-order valence-corrected chi connectivity index (χ2v) is 6.42. The van der Waals surface area contributed by atoms with E-state index < -0.39 is 0 Å². The molecule has 5 heteroatoms. The van der Waals surface area contributed by atoms with E-state index in [9.17, 15) is 0 Å². The van der Waals surface area contributed by atoms with Crippen molar-refractivity contribution in [2.45, 2.75) is 19.3 Å². The van der Waals surface area contributed by atoms with Gasteiger partial charge in [-0.25, -0.2) is 0 Å². The van der Waals surface area contributed by atoms with Gasteiger partial charge in [0.25, 0.3) is 0 Å². The number of benzene rings is 1. The molecule has 0 aliphatic carbocycles. The molecule has 3 rings (SSSR count). The first kappa shape index (κ1) is 13.7. The third-order valence-electron chi connectivity index (χ3n) is 4.80. The highest BCUT2D eigenvalue weighted by molar-refractivity contribution is 6.31. The molecular weight excluding hydrogens is 272 g/mol. The second-order valence-electron chi connectivity index (χ2n) is 5.99. The summed E-state index contributed by atoms with van der Waals surface area (Å²) in [6.45, 7) is 4.33. The number of halogens is 1. The number of nitrogens with one attached hydrogen (secondary N) is 2. The fourth-order valence-electron chi connectivity index (χ4n) is 3.49. The van der Waals surface area contributed by atoms with Gasteiger partial charge in [-0.15, -0.1) is 0 Å². The van der Waals surface area contributed by atoms with Crippen molar-refractivity contribution in [1.29, 1.82) is 5.41 Å². The van der Waals surface area contributed by atoms with Gasteiger partial charge in [-0.05, 0) is 43.4 Å². The van der Waals surface area contributed by atoms with Crippen LogP contribution in [0.4, 0.5) is 11.4 Å². The van der Waals surface area contributed by atoms with Crippen LogP contribution in [-0.2, 0) is 0 Å². The fraction of sp³-hybridized carbons (Fsp3) is 0.533. The maximum atomic E-state index is 7.59. The number of nitrogen functional groups attached to an aromatic ring is 1. The van der Waals surface area contributed by atoms with Crippen molar-refractivity contribution in [3.05, 3.63) is 22.7 Å². The van der Waals surface area contributed by atoms with E-state index in [1.165, 1.54) is 25.5 Å². The van der Waals surface area contributed by atoms with E-state index in [1.807, 2.05) is 6.07 Å². The molecule has 4 N–H and O–H groups in total. The quantitative estimate of drug-likeness (QED) is 0.580. The SMILES string of the molecule is N=Cc1c(N)cc(Cl)cc1N1CCC2(CCNC2)CC1. The topological polar surface area (TPSA) is 65.1 Å². The Morgan fingerprint density at radius 2 is 2.05 bits per heavy atom. The molecule has 2 heterocycles. The van der Waals surface area contributed by atoms with Gasteiger partial charge in [0.05, 0.1) is 0 Å². The second kappa shape index (κ2) is 5.26. The zero-order chi connectivity index (χ0) is 14.2. The third kappa shape index (κ3) is 2.38. The van der Waals surface area contributed by atoms with Gasteiger partial charge in [0.15, 0.2) is 0 Å². The lowest BCUT2D eigenvalue weighted by Gasteiger charge is -2.40. The van der Waals surface area contributed by atoms with Crippen LogP contribution in [0.2, 0.25) is 5.02 Å². The van der Waals surface area contributed by atoms with Crippen LogP contribution in [0.25, 0.3) is 0 Å². The molecule has 1 aromatic rings. The lowest BCUT2D eigenvalue weighted by molar-refractivity contribution is 0.247. The van der Waals surface area contributed by atoms with Crippen molar-refractivity contribution < 1.29 is 0 Å². The number of hydrogen-bond donors (Lipinski definition) is 3. The van der Waals surface area contributed by atoms with E-state index in [0.29, 0.717) is 16.1 Å². The lowest BCUT2D eigenvalue weighted by atomic mass is 9.77. The monoisotopic (exact) mass is 292 g/mol. The highest BCUT2D eigenvalue weighted by Crippen LogP contribution is 2.39. The van der Waals surface area contributed by atoms with E-state index >= 15 is 0 Å². The molecule has 20 heavy (non-hydrogen) atoms. The van der Waals surface area contributed by atoms with E-state index in [4.69, 9.17) is 22.7 Å². The Morgan fingerprint density at radius 3 is 2.65 bits per heavy atom. The largest absolute Gasteiger partial charge is 0.398 e. The minimum atomic E-state index is 0.492. The molecule has 0 aromatic heterocycles. The highest BCUT2D eigenvalue weighted by Gasteiger charge is 2.37. The molecule has 0 atom stereocenters. The predicted molar refractivity (Wildman–Crippen MR) is 85.1 cm³/mol. The number of rotatable bonds is 2. The smallest absolute Gasteiger partial charge is 0.0491 e. The molecule has 2 aliphatic rings. The number of anilines is 2. The normalized spacial score (nSPS) is 21.4. The summed E-state index contributed by atoms with van der Waals surface area (Å²) in [5.74, 6) is 0. The van der Waals surface area contributed by atoms with Crippen LogP contribution < -0.4 is 16.0 Å². The van der Waals surface area contributed by atoms with Crippen molar-refractivity contribution in [2.75, 3.05) is 36.8 Å². The van der Waals surface area contributed by atoms with Crippen LogP contribution in [0.5, 0.6) is 0 Å². The first-order valence-electron chi connectivity index (χ1n) is 7.19. The van der Waals surface area contributed by atoms with Gasteiger partial charge in [0, 0.05) is 47.8 Å². The fourth-order valence-corrected chi connectivity index (χ4v) is 3.71. The number of nitrogens with zero attached hydrogens (tertiary/aromatic N) is 1. The molecule has 1 aromatic carbocycles. The van der Waals surface area contributed by atoms with Gasteiger partial charge in [0.2, 0.25) is 0 Å². The Bertz CT molecular complexity index is 513. The van der Waals surface area contributed by atoms with Crippen LogP contribution in [-0.4, -0.2) is 32.4 Å². The van der Waals surface area contributed by atoms with Crippen LogP contribution in [0.3, 0.4) is 0 Å². The van der Waals surface area contributed by atoms with Gasteiger partial charge >= 0.3 is 0 Å². The zero-order valence-electron chi connectivity index (χ0n) is 11.6. The van der Waals surface area contributed by atoms with E-state index in [2.05, 4.69) is 10.2 Å². The Kier molecular flexibility index (Phi) is 3.61. The van der Waals surface area contributed by atoms with Gasteiger partial charge < -0.3 is 21.4 Å². The standard InChI is InChI=1S/C15H21ClN4/c16-11-7-13(18)12(9-17)14(8-11)20-5-2-15(3-6-20)1-4-19-10-15/h7-9,17,19H,1-6,10,18H2. The number of hydrogen-bond acceptors (Lipinski definition) is 4. The predicted octanol–water partition coefficient (Wildman–Crippen LogP) is 2.50. The first-order valence-corrected chi connectivity index (χ1v) is 7.57. The van der Waals surface area contributed by atoms with Crippen molar-refractivity contribution >= 4 is 29.2 Å². The minimum absolute atomic E-state index is 0.492. The third-order valence-corrected chi connectivity index (χ3v) is 5.01. The maximum absolute atomic E-state index is 7.59. The Balaban J connectivity index is 1.82. The van der Waals surface area contributed by atoms with Crippen LogP contribution in [0.15, 0.2) is 12.1 Å². The molecule has 108 valence electrons. The molecule has 4 nitrogen and oxygen atoms in total.